The highest BCUT2D eigenvalue weighted by Gasteiger charge is 2.18. The lowest BCUT2D eigenvalue weighted by Crippen LogP contribution is -2.21. The number of carboxylic acid groups (broad SMARTS) is 1. The molecule has 1 aromatic rings. The highest BCUT2D eigenvalue weighted by atomic mass is 16.5. The van der Waals surface area contributed by atoms with Gasteiger partial charge >= 0.3 is 5.97 Å². The van der Waals surface area contributed by atoms with Gasteiger partial charge in [0, 0.05) is 0 Å². The molecule has 1 N–H and O–H groups in total. The molecule has 0 radical (unpaired) electrons. The SMILES string of the molecule is COc1cc(COC2CCC2)ccc1C(=O)O. The van der Waals surface area contributed by atoms with Gasteiger partial charge in [0.1, 0.15) is 11.3 Å². The third kappa shape index (κ3) is 2.77. The van der Waals surface area contributed by atoms with E-state index in [1.807, 2.05) is 0 Å². The first kappa shape index (κ1) is 11.9. The van der Waals surface area contributed by atoms with Crippen molar-refractivity contribution in [3.8, 4) is 5.75 Å². The van der Waals surface area contributed by atoms with Crippen LogP contribution in [0.4, 0.5) is 0 Å². The third-order valence-electron chi connectivity index (χ3n) is 3.03. The summed E-state index contributed by atoms with van der Waals surface area (Å²) < 4.78 is 10.7. The summed E-state index contributed by atoms with van der Waals surface area (Å²) in [5.41, 5.74) is 1.12. The lowest BCUT2D eigenvalue weighted by atomic mass is 9.96. The second-order valence-electron chi connectivity index (χ2n) is 4.20. The van der Waals surface area contributed by atoms with Gasteiger partial charge in [-0.3, -0.25) is 0 Å². The summed E-state index contributed by atoms with van der Waals surface area (Å²) in [6.07, 6.45) is 3.88. The molecule has 0 heterocycles. The molecular formula is C13H16O4. The molecule has 1 saturated carbocycles. The predicted octanol–water partition coefficient (Wildman–Crippen LogP) is 2.46. The second-order valence-corrected chi connectivity index (χ2v) is 4.20. The summed E-state index contributed by atoms with van der Waals surface area (Å²) >= 11 is 0. The van der Waals surface area contributed by atoms with Crippen LogP contribution in [-0.2, 0) is 11.3 Å². The number of rotatable bonds is 5. The average Bonchev–Trinajstić information content (AvgIpc) is 2.26. The minimum Gasteiger partial charge on any atom is -0.496 e. The normalized spacial score (nSPS) is 15.4. The number of aromatic carboxylic acids is 1. The molecule has 0 atom stereocenters. The van der Waals surface area contributed by atoms with Crippen molar-refractivity contribution in [1.29, 1.82) is 0 Å². The van der Waals surface area contributed by atoms with Crippen molar-refractivity contribution in [2.45, 2.75) is 32.0 Å². The van der Waals surface area contributed by atoms with Crippen molar-refractivity contribution < 1.29 is 19.4 Å². The van der Waals surface area contributed by atoms with E-state index >= 15 is 0 Å². The molecule has 0 bridgehead atoms. The molecule has 1 fully saturated rings. The van der Waals surface area contributed by atoms with Crippen LogP contribution in [0.1, 0.15) is 35.2 Å². The maximum Gasteiger partial charge on any atom is 0.339 e. The molecule has 0 amide bonds. The van der Waals surface area contributed by atoms with E-state index < -0.39 is 5.97 Å². The second kappa shape index (κ2) is 5.19. The van der Waals surface area contributed by atoms with Gasteiger partial charge in [-0.15, -0.1) is 0 Å². The predicted molar refractivity (Wildman–Crippen MR) is 62.4 cm³/mol. The van der Waals surface area contributed by atoms with Crippen LogP contribution in [0, 0.1) is 0 Å². The van der Waals surface area contributed by atoms with Gasteiger partial charge in [-0.25, -0.2) is 4.79 Å². The Morgan fingerprint density at radius 2 is 2.24 bits per heavy atom. The van der Waals surface area contributed by atoms with E-state index in [2.05, 4.69) is 0 Å². The number of hydrogen-bond acceptors (Lipinski definition) is 3. The summed E-state index contributed by atoms with van der Waals surface area (Å²) in [6.45, 7) is 0.515. The quantitative estimate of drug-likeness (QED) is 0.853. The Labute approximate surface area is 100 Å². The summed E-state index contributed by atoms with van der Waals surface area (Å²) in [6, 6.07) is 5.05. The van der Waals surface area contributed by atoms with Gasteiger partial charge in [0.05, 0.1) is 19.8 Å². The Hall–Kier alpha value is -1.55. The molecule has 17 heavy (non-hydrogen) atoms. The van der Waals surface area contributed by atoms with Crippen LogP contribution in [0.25, 0.3) is 0 Å². The van der Waals surface area contributed by atoms with Crippen molar-refractivity contribution in [2.75, 3.05) is 7.11 Å². The molecule has 0 spiro atoms. The minimum absolute atomic E-state index is 0.180. The first-order chi connectivity index (χ1) is 8.20. The van der Waals surface area contributed by atoms with Gasteiger partial charge in [-0.05, 0) is 37.0 Å². The average molecular weight is 236 g/mol. The number of hydrogen-bond donors (Lipinski definition) is 1. The van der Waals surface area contributed by atoms with E-state index in [-0.39, 0.29) is 5.56 Å². The molecular weight excluding hydrogens is 220 g/mol. The maximum absolute atomic E-state index is 10.9. The van der Waals surface area contributed by atoms with Crippen LogP contribution in [0.2, 0.25) is 0 Å². The Bertz CT molecular complexity index is 410. The summed E-state index contributed by atoms with van der Waals surface area (Å²) in [5.74, 6) is -0.597. The Kier molecular flexibility index (Phi) is 3.64. The smallest absolute Gasteiger partial charge is 0.339 e. The van der Waals surface area contributed by atoms with Gasteiger partial charge in [0.25, 0.3) is 0 Å². The molecule has 1 aromatic carbocycles. The van der Waals surface area contributed by atoms with Gasteiger partial charge in [0.2, 0.25) is 0 Å². The van der Waals surface area contributed by atoms with Crippen LogP contribution in [0.5, 0.6) is 5.75 Å². The maximum atomic E-state index is 10.9. The number of ether oxygens (including phenoxy) is 2. The van der Waals surface area contributed by atoms with Gasteiger partial charge < -0.3 is 14.6 Å². The molecule has 0 aromatic heterocycles. The van der Waals surface area contributed by atoms with E-state index in [1.165, 1.54) is 13.5 Å². The highest BCUT2D eigenvalue weighted by Crippen LogP contribution is 2.25. The molecule has 1 aliphatic carbocycles. The lowest BCUT2D eigenvalue weighted by Gasteiger charge is -2.25. The van der Waals surface area contributed by atoms with Gasteiger partial charge in [0.15, 0.2) is 0 Å². The number of methoxy groups -OCH3 is 1. The third-order valence-corrected chi connectivity index (χ3v) is 3.03. The fraction of sp³-hybridized carbons (Fsp3) is 0.462. The fourth-order valence-corrected chi connectivity index (χ4v) is 1.75. The van der Waals surface area contributed by atoms with Gasteiger partial charge in [-0.1, -0.05) is 6.07 Å². The summed E-state index contributed by atoms with van der Waals surface area (Å²) in [4.78, 5) is 10.9. The number of benzene rings is 1. The van der Waals surface area contributed by atoms with E-state index in [1.54, 1.807) is 18.2 Å². The van der Waals surface area contributed by atoms with E-state index in [0.717, 1.165) is 18.4 Å². The Morgan fingerprint density at radius 3 is 2.76 bits per heavy atom. The summed E-state index contributed by atoms with van der Waals surface area (Å²) in [7, 11) is 1.47. The lowest BCUT2D eigenvalue weighted by molar-refractivity contribution is -0.00873. The van der Waals surface area contributed by atoms with Gasteiger partial charge in [-0.2, -0.15) is 0 Å². The van der Waals surface area contributed by atoms with Crippen LogP contribution in [-0.4, -0.2) is 24.3 Å². The fourth-order valence-electron chi connectivity index (χ4n) is 1.75. The first-order valence-electron chi connectivity index (χ1n) is 5.72. The summed E-state index contributed by atoms with van der Waals surface area (Å²) in [5, 5.41) is 8.94. The topological polar surface area (TPSA) is 55.8 Å². The van der Waals surface area contributed by atoms with Crippen LogP contribution in [0.15, 0.2) is 18.2 Å². The van der Waals surface area contributed by atoms with Crippen LogP contribution in [0.3, 0.4) is 0 Å². The Morgan fingerprint density at radius 1 is 1.47 bits per heavy atom. The monoisotopic (exact) mass is 236 g/mol. The Balaban J connectivity index is 2.04. The van der Waals surface area contributed by atoms with E-state index in [9.17, 15) is 4.79 Å². The highest BCUT2D eigenvalue weighted by molar-refractivity contribution is 5.90. The molecule has 4 nitrogen and oxygen atoms in total. The van der Waals surface area contributed by atoms with Crippen molar-refractivity contribution in [3.63, 3.8) is 0 Å². The molecule has 0 unspecified atom stereocenters. The molecule has 4 heteroatoms. The molecule has 0 aliphatic heterocycles. The zero-order valence-corrected chi connectivity index (χ0v) is 9.81. The molecule has 92 valence electrons. The van der Waals surface area contributed by atoms with Crippen molar-refractivity contribution >= 4 is 5.97 Å². The molecule has 0 saturated heterocycles. The molecule has 2 rings (SSSR count). The van der Waals surface area contributed by atoms with E-state index in [4.69, 9.17) is 14.6 Å². The molecule has 1 aliphatic rings. The van der Waals surface area contributed by atoms with Crippen LogP contribution < -0.4 is 4.74 Å². The first-order valence-corrected chi connectivity index (χ1v) is 5.72. The zero-order valence-electron chi connectivity index (χ0n) is 9.81. The standard InChI is InChI=1S/C13H16O4/c1-16-12-7-9(5-6-11(12)13(14)15)8-17-10-3-2-4-10/h5-7,10H,2-4,8H2,1H3,(H,14,15). The van der Waals surface area contributed by atoms with E-state index in [0.29, 0.717) is 18.5 Å². The van der Waals surface area contributed by atoms with Crippen molar-refractivity contribution in [1.82, 2.24) is 0 Å². The van der Waals surface area contributed by atoms with Crippen LogP contribution >= 0.6 is 0 Å². The largest absolute Gasteiger partial charge is 0.496 e. The number of carbonyl (C=O) groups is 1. The zero-order chi connectivity index (χ0) is 12.3. The van der Waals surface area contributed by atoms with Crippen molar-refractivity contribution in [2.24, 2.45) is 0 Å². The number of carboxylic acids is 1. The van der Waals surface area contributed by atoms with Crippen molar-refractivity contribution in [3.05, 3.63) is 29.3 Å². The minimum atomic E-state index is -0.978.